The second-order valence-corrected chi connectivity index (χ2v) is 7.03. The molecule has 0 unspecified atom stereocenters. The number of pyridine rings is 1. The average molecular weight is 367 g/mol. The normalized spacial score (nSPS) is 11.4. The smallest absolute Gasteiger partial charge is 0.124 e. The number of rotatable bonds is 2. The Labute approximate surface area is 162 Å². The molecule has 0 N–H and O–H groups in total. The maximum absolute atomic E-state index is 14.1. The van der Waals surface area contributed by atoms with Crippen molar-refractivity contribution in [2.45, 2.75) is 13.8 Å². The molecule has 0 saturated carbocycles. The second-order valence-electron chi connectivity index (χ2n) is 7.03. The van der Waals surface area contributed by atoms with Crippen LogP contribution in [0.3, 0.4) is 0 Å². The maximum Gasteiger partial charge on any atom is 0.124 e. The Balaban J connectivity index is 1.96. The van der Waals surface area contributed by atoms with Crippen molar-refractivity contribution in [1.82, 2.24) is 14.8 Å². The Hall–Kier alpha value is -3.53. The lowest BCUT2D eigenvalue weighted by Crippen LogP contribution is -2.01. The molecule has 0 amide bonds. The minimum absolute atomic E-state index is 0.281. The van der Waals surface area contributed by atoms with E-state index in [0.717, 1.165) is 44.3 Å². The number of fused-ring (bicyclic) bond motifs is 3. The van der Waals surface area contributed by atoms with Crippen LogP contribution >= 0.6 is 0 Å². The Morgan fingerprint density at radius 1 is 0.857 bits per heavy atom. The second kappa shape index (κ2) is 6.27. The van der Waals surface area contributed by atoms with Gasteiger partial charge in [0.05, 0.1) is 16.7 Å². The first kappa shape index (κ1) is 16.6. The average Bonchev–Trinajstić information content (AvgIpc) is 3.10. The number of nitrogens with zero attached hydrogens (tertiary/aromatic N) is 3. The van der Waals surface area contributed by atoms with Gasteiger partial charge in [-0.15, -0.1) is 0 Å². The van der Waals surface area contributed by atoms with Crippen LogP contribution in [0.25, 0.3) is 38.8 Å². The van der Waals surface area contributed by atoms with Gasteiger partial charge in [-0.05, 0) is 49.2 Å². The van der Waals surface area contributed by atoms with E-state index in [2.05, 4.69) is 31.0 Å². The predicted octanol–water partition coefficient (Wildman–Crippen LogP) is 6.00. The molecular weight excluding hydrogens is 349 g/mol. The summed E-state index contributed by atoms with van der Waals surface area (Å²) in [5, 5.41) is 6.63. The first-order valence-corrected chi connectivity index (χ1v) is 9.22. The number of aryl methyl sites for hydroxylation is 1. The van der Waals surface area contributed by atoms with Crippen molar-refractivity contribution in [2.75, 3.05) is 0 Å². The van der Waals surface area contributed by atoms with E-state index in [4.69, 9.17) is 5.10 Å². The Morgan fingerprint density at radius 2 is 1.68 bits per heavy atom. The molecule has 5 rings (SSSR count). The molecule has 28 heavy (non-hydrogen) atoms. The first-order chi connectivity index (χ1) is 13.6. The van der Waals surface area contributed by atoms with Crippen molar-refractivity contribution in [3.63, 3.8) is 0 Å². The third-order valence-electron chi connectivity index (χ3n) is 5.32. The Morgan fingerprint density at radius 3 is 2.50 bits per heavy atom. The van der Waals surface area contributed by atoms with Gasteiger partial charge in [0.1, 0.15) is 11.5 Å². The number of halogens is 1. The lowest BCUT2D eigenvalue weighted by Gasteiger charge is -2.11. The van der Waals surface area contributed by atoms with Gasteiger partial charge in [-0.25, -0.2) is 9.07 Å². The molecule has 0 saturated heterocycles. The summed E-state index contributed by atoms with van der Waals surface area (Å²) in [5.41, 5.74) is 6.80. The molecule has 3 nitrogen and oxygen atoms in total. The molecule has 0 atom stereocenters. The van der Waals surface area contributed by atoms with Gasteiger partial charge < -0.3 is 0 Å². The molecule has 0 spiro atoms. The highest BCUT2D eigenvalue weighted by Crippen LogP contribution is 2.34. The van der Waals surface area contributed by atoms with Crippen LogP contribution in [0.5, 0.6) is 0 Å². The molecule has 0 aliphatic heterocycles. The Bertz CT molecular complexity index is 1340. The molecule has 0 fully saturated rings. The lowest BCUT2D eigenvalue weighted by atomic mass is 10.1. The first-order valence-electron chi connectivity index (χ1n) is 9.22. The molecule has 4 heteroatoms. The summed E-state index contributed by atoms with van der Waals surface area (Å²) in [4.78, 5) is 4.56. The highest BCUT2D eigenvalue weighted by Gasteiger charge is 2.18. The molecule has 136 valence electrons. The van der Waals surface area contributed by atoms with Gasteiger partial charge in [0.25, 0.3) is 0 Å². The zero-order chi connectivity index (χ0) is 19.3. The third kappa shape index (κ3) is 2.49. The number of benzene rings is 3. The highest BCUT2D eigenvalue weighted by molar-refractivity contribution is 6.08. The SMILES string of the molecule is Cc1cccc(-n2nc(-c3ccccc3)c3cnc4ccc(F)cc4c32)c1C. The fourth-order valence-electron chi connectivity index (χ4n) is 3.70. The van der Waals surface area contributed by atoms with Crippen LogP contribution in [-0.4, -0.2) is 14.8 Å². The van der Waals surface area contributed by atoms with E-state index in [9.17, 15) is 4.39 Å². The predicted molar refractivity (Wildman–Crippen MR) is 111 cm³/mol. The van der Waals surface area contributed by atoms with E-state index >= 15 is 0 Å². The van der Waals surface area contributed by atoms with Crippen LogP contribution in [0.2, 0.25) is 0 Å². The summed E-state index contributed by atoms with van der Waals surface area (Å²) >= 11 is 0. The van der Waals surface area contributed by atoms with Crippen LogP contribution in [0.4, 0.5) is 4.39 Å². The van der Waals surface area contributed by atoms with Crippen molar-refractivity contribution in [2.24, 2.45) is 0 Å². The zero-order valence-corrected chi connectivity index (χ0v) is 15.6. The minimum atomic E-state index is -0.281. The van der Waals surface area contributed by atoms with E-state index in [0.29, 0.717) is 0 Å². The van der Waals surface area contributed by atoms with Crippen molar-refractivity contribution in [1.29, 1.82) is 0 Å². The summed E-state index contributed by atoms with van der Waals surface area (Å²) < 4.78 is 16.0. The van der Waals surface area contributed by atoms with Gasteiger partial charge >= 0.3 is 0 Å². The molecule has 2 aromatic heterocycles. The molecule has 0 aliphatic carbocycles. The van der Waals surface area contributed by atoms with Crippen molar-refractivity contribution < 1.29 is 4.39 Å². The molecule has 2 heterocycles. The van der Waals surface area contributed by atoms with Gasteiger partial charge in [0.2, 0.25) is 0 Å². The van der Waals surface area contributed by atoms with Gasteiger partial charge in [0.15, 0.2) is 0 Å². The van der Waals surface area contributed by atoms with Gasteiger partial charge in [-0.3, -0.25) is 4.98 Å². The van der Waals surface area contributed by atoms with Crippen LogP contribution in [-0.2, 0) is 0 Å². The van der Waals surface area contributed by atoms with Gasteiger partial charge in [-0.1, -0.05) is 42.5 Å². The third-order valence-corrected chi connectivity index (χ3v) is 5.32. The van der Waals surface area contributed by atoms with Crippen molar-refractivity contribution in [3.8, 4) is 16.9 Å². The van der Waals surface area contributed by atoms with E-state index in [1.165, 1.54) is 11.6 Å². The van der Waals surface area contributed by atoms with Crippen molar-refractivity contribution >= 4 is 21.8 Å². The quantitative estimate of drug-likeness (QED) is 0.383. The highest BCUT2D eigenvalue weighted by atomic mass is 19.1. The van der Waals surface area contributed by atoms with E-state index in [1.54, 1.807) is 12.1 Å². The summed E-state index contributed by atoms with van der Waals surface area (Å²) in [7, 11) is 0. The number of hydrogen-bond donors (Lipinski definition) is 0. The number of aromatic nitrogens is 3. The monoisotopic (exact) mass is 367 g/mol. The van der Waals surface area contributed by atoms with Crippen LogP contribution in [0.15, 0.2) is 72.9 Å². The topological polar surface area (TPSA) is 30.7 Å². The molecule has 5 aromatic rings. The Kier molecular flexibility index (Phi) is 3.72. The minimum Gasteiger partial charge on any atom is -0.255 e. The van der Waals surface area contributed by atoms with E-state index in [-0.39, 0.29) is 5.82 Å². The standard InChI is InChI=1S/C24H18FN3/c1-15-7-6-10-22(16(15)2)28-24-19-13-18(25)11-12-21(19)26-14-20(24)23(27-28)17-8-4-3-5-9-17/h3-14H,1-2H3. The molecular formula is C24H18FN3. The van der Waals surface area contributed by atoms with Crippen LogP contribution in [0, 0.1) is 19.7 Å². The van der Waals surface area contributed by atoms with Crippen molar-refractivity contribution in [3.05, 3.63) is 89.9 Å². The van der Waals surface area contributed by atoms with Crippen LogP contribution in [0.1, 0.15) is 11.1 Å². The molecule has 3 aromatic carbocycles. The fraction of sp³-hybridized carbons (Fsp3) is 0.0833. The summed E-state index contributed by atoms with van der Waals surface area (Å²) in [5.74, 6) is -0.281. The summed E-state index contributed by atoms with van der Waals surface area (Å²) in [6, 6.07) is 20.9. The molecule has 0 radical (unpaired) electrons. The summed E-state index contributed by atoms with van der Waals surface area (Å²) in [6.45, 7) is 4.17. The number of hydrogen-bond acceptors (Lipinski definition) is 2. The zero-order valence-electron chi connectivity index (χ0n) is 15.6. The summed E-state index contributed by atoms with van der Waals surface area (Å²) in [6.07, 6.45) is 1.84. The van der Waals surface area contributed by atoms with Gasteiger partial charge in [-0.2, -0.15) is 5.10 Å². The fourth-order valence-corrected chi connectivity index (χ4v) is 3.70. The maximum atomic E-state index is 14.1. The van der Waals surface area contributed by atoms with Crippen LogP contribution < -0.4 is 0 Å². The molecule has 0 aliphatic rings. The molecule has 0 bridgehead atoms. The largest absolute Gasteiger partial charge is 0.255 e. The lowest BCUT2D eigenvalue weighted by molar-refractivity contribution is 0.629. The van der Waals surface area contributed by atoms with E-state index in [1.807, 2.05) is 47.3 Å². The van der Waals surface area contributed by atoms with E-state index < -0.39 is 0 Å². The van der Waals surface area contributed by atoms with Gasteiger partial charge in [0, 0.05) is 22.5 Å².